The first-order chi connectivity index (χ1) is 9.13. The van der Waals surface area contributed by atoms with E-state index in [9.17, 15) is 4.79 Å². The van der Waals surface area contributed by atoms with Crippen LogP contribution in [0.25, 0.3) is 0 Å². The lowest BCUT2D eigenvalue weighted by molar-refractivity contribution is 0.112. The normalized spacial score (nSPS) is 10.0. The number of anilines is 3. The van der Waals surface area contributed by atoms with E-state index in [0.29, 0.717) is 6.29 Å². The summed E-state index contributed by atoms with van der Waals surface area (Å²) < 4.78 is 5.05. The van der Waals surface area contributed by atoms with E-state index in [0.717, 1.165) is 11.4 Å². The molecule has 0 aliphatic heterocycles. The number of methoxy groups -OCH3 is 1. The predicted octanol–water partition coefficient (Wildman–Crippen LogP) is 2.28. The average Bonchev–Trinajstić information content (AvgIpc) is 2.39. The zero-order chi connectivity index (χ0) is 13.8. The van der Waals surface area contributed by atoms with Crippen molar-refractivity contribution in [1.29, 1.82) is 0 Å². The van der Waals surface area contributed by atoms with Crippen molar-refractivity contribution in [2.75, 3.05) is 18.2 Å². The number of halogens is 1. The zero-order valence-electron chi connectivity index (χ0n) is 10.1. The second-order valence-electron chi connectivity index (χ2n) is 3.61. The van der Waals surface area contributed by atoms with Crippen molar-refractivity contribution in [2.24, 2.45) is 0 Å². The third kappa shape index (κ3) is 2.92. The van der Waals surface area contributed by atoms with Gasteiger partial charge in [-0.25, -0.2) is 0 Å². The number of carbonyl (C=O) groups excluding carboxylic acids is 1. The third-order valence-electron chi connectivity index (χ3n) is 2.39. The van der Waals surface area contributed by atoms with Crippen LogP contribution in [-0.2, 0) is 0 Å². The molecule has 0 saturated heterocycles. The van der Waals surface area contributed by atoms with Gasteiger partial charge in [0.15, 0.2) is 6.29 Å². The van der Waals surface area contributed by atoms with E-state index >= 15 is 0 Å². The number of nitrogens with zero attached hydrogens (tertiary/aromatic N) is 2. The topological polar surface area (TPSA) is 90.1 Å². The number of rotatable bonds is 4. The lowest BCUT2D eigenvalue weighted by Crippen LogP contribution is -2.04. The van der Waals surface area contributed by atoms with Crippen molar-refractivity contribution in [3.8, 4) is 5.75 Å². The fourth-order valence-electron chi connectivity index (χ4n) is 1.43. The lowest BCUT2D eigenvalue weighted by Gasteiger charge is -2.08. The molecular formula is C12H11ClN4O2. The number of nitrogen functional groups attached to an aromatic ring is 1. The van der Waals surface area contributed by atoms with Gasteiger partial charge in [-0.15, -0.1) is 0 Å². The molecular weight excluding hydrogens is 268 g/mol. The molecule has 98 valence electrons. The van der Waals surface area contributed by atoms with Crippen LogP contribution in [0.3, 0.4) is 0 Å². The van der Waals surface area contributed by atoms with E-state index in [-0.39, 0.29) is 22.5 Å². The highest BCUT2D eigenvalue weighted by molar-refractivity contribution is 6.32. The Hall–Kier alpha value is -2.34. The van der Waals surface area contributed by atoms with Gasteiger partial charge in [-0.3, -0.25) is 4.79 Å². The van der Waals surface area contributed by atoms with Gasteiger partial charge in [0, 0.05) is 5.69 Å². The summed E-state index contributed by atoms with van der Waals surface area (Å²) in [5, 5.41) is 2.94. The number of nitrogens with two attached hydrogens (primary N) is 1. The van der Waals surface area contributed by atoms with Gasteiger partial charge in [-0.2, -0.15) is 9.97 Å². The number of aromatic nitrogens is 2. The number of ether oxygens (including phenoxy) is 1. The molecule has 0 atom stereocenters. The Morgan fingerprint density at radius 1 is 1.32 bits per heavy atom. The molecule has 7 heteroatoms. The fraction of sp³-hybridized carbons (Fsp3) is 0.0833. The van der Waals surface area contributed by atoms with Crippen LogP contribution < -0.4 is 15.8 Å². The molecule has 1 aromatic heterocycles. The maximum atomic E-state index is 10.7. The van der Waals surface area contributed by atoms with Crippen molar-refractivity contribution < 1.29 is 9.53 Å². The summed E-state index contributed by atoms with van der Waals surface area (Å²) in [6.07, 6.45) is 0.523. The monoisotopic (exact) mass is 278 g/mol. The van der Waals surface area contributed by atoms with Gasteiger partial charge >= 0.3 is 0 Å². The fourth-order valence-corrected chi connectivity index (χ4v) is 1.65. The molecule has 0 spiro atoms. The van der Waals surface area contributed by atoms with Crippen molar-refractivity contribution >= 4 is 35.3 Å². The predicted molar refractivity (Wildman–Crippen MR) is 73.1 cm³/mol. The van der Waals surface area contributed by atoms with Crippen LogP contribution in [0, 0.1) is 0 Å². The van der Waals surface area contributed by atoms with Crippen molar-refractivity contribution in [3.05, 3.63) is 35.0 Å². The molecule has 0 amide bonds. The smallest absolute Gasteiger partial charge is 0.230 e. The van der Waals surface area contributed by atoms with E-state index in [1.54, 1.807) is 31.4 Å². The number of hydrogen-bond donors (Lipinski definition) is 2. The van der Waals surface area contributed by atoms with E-state index in [2.05, 4.69) is 15.3 Å². The minimum absolute atomic E-state index is 0.0125. The minimum atomic E-state index is 0.0125. The van der Waals surface area contributed by atoms with Crippen molar-refractivity contribution in [2.45, 2.75) is 0 Å². The molecule has 1 heterocycles. The molecule has 2 aromatic rings. The molecule has 2 rings (SSSR count). The van der Waals surface area contributed by atoms with Crippen LogP contribution >= 0.6 is 11.6 Å². The SMILES string of the molecule is COc1ccc(Nc2nc(N)c(C=O)c(Cl)n2)cc1. The summed E-state index contributed by atoms with van der Waals surface area (Å²) in [6.45, 7) is 0. The highest BCUT2D eigenvalue weighted by Gasteiger charge is 2.10. The number of nitrogens with one attached hydrogen (secondary N) is 1. The van der Waals surface area contributed by atoms with Crippen molar-refractivity contribution in [3.63, 3.8) is 0 Å². The zero-order valence-corrected chi connectivity index (χ0v) is 10.8. The Morgan fingerprint density at radius 2 is 2.00 bits per heavy atom. The summed E-state index contributed by atoms with van der Waals surface area (Å²) in [6, 6.07) is 7.15. The molecule has 0 radical (unpaired) electrons. The Labute approximate surface area is 114 Å². The summed E-state index contributed by atoms with van der Waals surface area (Å²) >= 11 is 5.83. The van der Waals surface area contributed by atoms with Crippen LogP contribution in [0.15, 0.2) is 24.3 Å². The highest BCUT2D eigenvalue weighted by Crippen LogP contribution is 2.22. The quantitative estimate of drug-likeness (QED) is 0.659. The molecule has 0 aliphatic rings. The van der Waals surface area contributed by atoms with Crippen LogP contribution in [-0.4, -0.2) is 23.4 Å². The average molecular weight is 279 g/mol. The molecule has 0 saturated carbocycles. The van der Waals surface area contributed by atoms with E-state index in [1.807, 2.05) is 0 Å². The highest BCUT2D eigenvalue weighted by atomic mass is 35.5. The first-order valence-electron chi connectivity index (χ1n) is 5.33. The van der Waals surface area contributed by atoms with E-state index in [1.165, 1.54) is 0 Å². The third-order valence-corrected chi connectivity index (χ3v) is 2.68. The molecule has 3 N–H and O–H groups in total. The van der Waals surface area contributed by atoms with Gasteiger partial charge in [-0.05, 0) is 24.3 Å². The Morgan fingerprint density at radius 3 is 2.53 bits per heavy atom. The summed E-state index contributed by atoms with van der Waals surface area (Å²) in [5.74, 6) is 0.990. The van der Waals surface area contributed by atoms with E-state index < -0.39 is 0 Å². The molecule has 0 aliphatic carbocycles. The molecule has 1 aromatic carbocycles. The van der Waals surface area contributed by atoms with Gasteiger partial charge in [0.1, 0.15) is 16.7 Å². The summed E-state index contributed by atoms with van der Waals surface area (Å²) in [7, 11) is 1.59. The van der Waals surface area contributed by atoms with Crippen LogP contribution in [0.1, 0.15) is 10.4 Å². The lowest BCUT2D eigenvalue weighted by atomic mass is 10.3. The first-order valence-corrected chi connectivity index (χ1v) is 5.71. The maximum Gasteiger partial charge on any atom is 0.230 e. The number of benzene rings is 1. The second kappa shape index (κ2) is 5.53. The van der Waals surface area contributed by atoms with Gasteiger partial charge in [0.05, 0.1) is 12.7 Å². The van der Waals surface area contributed by atoms with Crippen LogP contribution in [0.5, 0.6) is 5.75 Å². The maximum absolute atomic E-state index is 10.7. The van der Waals surface area contributed by atoms with Crippen molar-refractivity contribution in [1.82, 2.24) is 9.97 Å². The van der Waals surface area contributed by atoms with Gasteiger partial charge in [-0.1, -0.05) is 11.6 Å². The Bertz CT molecular complexity index is 578. The Balaban J connectivity index is 2.25. The number of carbonyl (C=O) groups is 1. The molecule has 0 unspecified atom stereocenters. The molecule has 0 fully saturated rings. The largest absolute Gasteiger partial charge is 0.497 e. The summed E-state index contributed by atoms with van der Waals surface area (Å²) in [4.78, 5) is 18.6. The van der Waals surface area contributed by atoms with Crippen LogP contribution in [0.2, 0.25) is 5.15 Å². The number of aldehydes is 1. The standard InChI is InChI=1S/C12H11ClN4O2/c1-19-8-4-2-7(3-5-8)15-12-16-10(13)9(6-18)11(14)17-12/h2-6H,1H3,(H3,14,15,16,17). The minimum Gasteiger partial charge on any atom is -0.497 e. The first kappa shape index (κ1) is 13.1. The second-order valence-corrected chi connectivity index (χ2v) is 3.97. The number of hydrogen-bond acceptors (Lipinski definition) is 6. The van der Waals surface area contributed by atoms with Gasteiger partial charge in [0.2, 0.25) is 5.95 Å². The van der Waals surface area contributed by atoms with E-state index in [4.69, 9.17) is 22.1 Å². The molecule has 19 heavy (non-hydrogen) atoms. The van der Waals surface area contributed by atoms with Gasteiger partial charge in [0.25, 0.3) is 0 Å². The summed E-state index contributed by atoms with van der Waals surface area (Å²) in [5.41, 5.74) is 6.44. The van der Waals surface area contributed by atoms with Gasteiger partial charge < -0.3 is 15.8 Å². The molecule has 6 nitrogen and oxygen atoms in total. The Kier molecular flexibility index (Phi) is 3.82. The van der Waals surface area contributed by atoms with Crippen LogP contribution in [0.4, 0.5) is 17.5 Å². The molecule has 0 bridgehead atoms.